The molecular formula is C30H33N7O2. The number of hydrazone groups is 1. The number of benzene rings is 1. The SMILES string of the molecule is C=C(/C=N\N(C)C)[C@@H]1C[C@H]1C(=O)Nc1cc2cc(-c3ccc(-c4nc(C(C)C)co4)cc3C)nc(N)c2cn1. The van der Waals surface area contributed by atoms with Gasteiger partial charge < -0.3 is 20.5 Å². The van der Waals surface area contributed by atoms with E-state index in [1.165, 1.54) is 0 Å². The summed E-state index contributed by atoms with van der Waals surface area (Å²) in [6.07, 6.45) is 5.82. The molecule has 1 saturated carbocycles. The molecular weight excluding hydrogens is 490 g/mol. The monoisotopic (exact) mass is 523 g/mol. The summed E-state index contributed by atoms with van der Waals surface area (Å²) in [5.41, 5.74) is 11.7. The lowest BCUT2D eigenvalue weighted by Crippen LogP contribution is -2.16. The Labute approximate surface area is 227 Å². The van der Waals surface area contributed by atoms with Crippen molar-refractivity contribution in [2.24, 2.45) is 16.9 Å². The van der Waals surface area contributed by atoms with Gasteiger partial charge in [0.05, 0.1) is 11.4 Å². The molecule has 3 aromatic heterocycles. The van der Waals surface area contributed by atoms with Gasteiger partial charge in [-0.1, -0.05) is 26.5 Å². The number of hydrogen-bond donors (Lipinski definition) is 2. The third-order valence-corrected chi connectivity index (χ3v) is 6.92. The van der Waals surface area contributed by atoms with Crippen LogP contribution < -0.4 is 11.1 Å². The summed E-state index contributed by atoms with van der Waals surface area (Å²) >= 11 is 0. The highest BCUT2D eigenvalue weighted by Crippen LogP contribution is 2.43. The first-order chi connectivity index (χ1) is 18.6. The fourth-order valence-electron chi connectivity index (χ4n) is 4.55. The van der Waals surface area contributed by atoms with Crippen molar-refractivity contribution in [3.05, 3.63) is 66.2 Å². The summed E-state index contributed by atoms with van der Waals surface area (Å²) < 4.78 is 5.70. The van der Waals surface area contributed by atoms with Gasteiger partial charge in [-0.15, -0.1) is 0 Å². The molecule has 0 unspecified atom stereocenters. The van der Waals surface area contributed by atoms with Crippen LogP contribution in [0.4, 0.5) is 11.6 Å². The van der Waals surface area contributed by atoms with E-state index in [-0.39, 0.29) is 17.7 Å². The minimum Gasteiger partial charge on any atom is -0.444 e. The molecule has 0 radical (unpaired) electrons. The van der Waals surface area contributed by atoms with Crippen molar-refractivity contribution in [1.82, 2.24) is 20.0 Å². The number of aromatic nitrogens is 3. The summed E-state index contributed by atoms with van der Waals surface area (Å²) in [5, 5.41) is 10.4. The predicted molar refractivity (Wildman–Crippen MR) is 155 cm³/mol. The van der Waals surface area contributed by atoms with Gasteiger partial charge in [-0.25, -0.2) is 15.0 Å². The highest BCUT2D eigenvalue weighted by atomic mass is 16.3. The molecule has 1 fully saturated rings. The van der Waals surface area contributed by atoms with E-state index in [9.17, 15) is 4.79 Å². The second-order valence-electron chi connectivity index (χ2n) is 10.5. The number of nitrogens with one attached hydrogen (secondary N) is 1. The Bertz CT molecular complexity index is 1600. The molecule has 1 aliphatic carbocycles. The average molecular weight is 524 g/mol. The van der Waals surface area contributed by atoms with Crippen LogP contribution in [-0.4, -0.2) is 46.2 Å². The number of pyridine rings is 2. The Morgan fingerprint density at radius 1 is 1.23 bits per heavy atom. The highest BCUT2D eigenvalue weighted by molar-refractivity contribution is 5.99. The van der Waals surface area contributed by atoms with Crippen molar-refractivity contribution in [1.29, 1.82) is 0 Å². The number of anilines is 2. The molecule has 2 atom stereocenters. The van der Waals surface area contributed by atoms with Gasteiger partial charge in [0.25, 0.3) is 0 Å². The minimum atomic E-state index is -0.136. The van der Waals surface area contributed by atoms with E-state index in [1.54, 1.807) is 23.7 Å². The molecule has 4 aromatic rings. The second-order valence-corrected chi connectivity index (χ2v) is 10.5. The molecule has 9 heteroatoms. The van der Waals surface area contributed by atoms with Gasteiger partial charge in [0, 0.05) is 48.9 Å². The maximum atomic E-state index is 12.9. The van der Waals surface area contributed by atoms with Crippen molar-refractivity contribution in [3.63, 3.8) is 0 Å². The fraction of sp³-hybridized carbons (Fsp3) is 0.300. The molecule has 0 aliphatic heterocycles. The van der Waals surface area contributed by atoms with E-state index >= 15 is 0 Å². The molecule has 5 rings (SSSR count). The maximum absolute atomic E-state index is 12.9. The summed E-state index contributed by atoms with van der Waals surface area (Å²) in [4.78, 5) is 26.5. The van der Waals surface area contributed by atoms with Crippen molar-refractivity contribution < 1.29 is 9.21 Å². The number of nitrogen functional groups attached to an aromatic ring is 1. The van der Waals surface area contributed by atoms with Crippen molar-refractivity contribution in [2.75, 3.05) is 25.1 Å². The van der Waals surface area contributed by atoms with Crippen LogP contribution in [0.2, 0.25) is 0 Å². The van der Waals surface area contributed by atoms with Crippen LogP contribution in [0.15, 0.2) is 64.5 Å². The largest absolute Gasteiger partial charge is 0.444 e. The van der Waals surface area contributed by atoms with Crippen LogP contribution >= 0.6 is 0 Å². The van der Waals surface area contributed by atoms with Gasteiger partial charge in [-0.05, 0) is 66.0 Å². The number of aryl methyl sites for hydroxylation is 1. The van der Waals surface area contributed by atoms with Crippen LogP contribution in [0, 0.1) is 18.8 Å². The van der Waals surface area contributed by atoms with Crippen molar-refractivity contribution in [2.45, 2.75) is 33.1 Å². The number of allylic oxidation sites excluding steroid dienone is 1. The number of nitrogens with two attached hydrogens (primary N) is 1. The van der Waals surface area contributed by atoms with Gasteiger partial charge in [0.15, 0.2) is 0 Å². The van der Waals surface area contributed by atoms with E-state index < -0.39 is 0 Å². The standard InChI is InChI=1S/C30H33N7O2/c1-16(2)26-15-39-30(35-26)19-7-8-21(17(3)9-19)25-10-20-11-27(32-14-24(20)28(31)34-25)36-29(38)23-12-22(23)18(4)13-33-37(5)6/h7-11,13-16,22-23H,4,12H2,1-3,5-6H3,(H2,31,34)(H,32,36,38)/b33-13-/t22-,23+/m0/s1. The van der Waals surface area contributed by atoms with E-state index in [4.69, 9.17) is 10.2 Å². The maximum Gasteiger partial charge on any atom is 0.229 e. The Morgan fingerprint density at radius 2 is 2.03 bits per heavy atom. The Morgan fingerprint density at radius 3 is 2.72 bits per heavy atom. The summed E-state index contributed by atoms with van der Waals surface area (Å²) in [5.74, 6) is 1.63. The molecule has 3 heterocycles. The summed E-state index contributed by atoms with van der Waals surface area (Å²) in [6, 6.07) is 9.81. The number of hydrogen-bond acceptors (Lipinski definition) is 8. The van der Waals surface area contributed by atoms with E-state index in [0.29, 0.717) is 23.4 Å². The molecule has 0 bridgehead atoms. The Balaban J connectivity index is 1.36. The lowest BCUT2D eigenvalue weighted by atomic mass is 10.0. The van der Waals surface area contributed by atoms with Gasteiger partial charge >= 0.3 is 0 Å². The lowest BCUT2D eigenvalue weighted by molar-refractivity contribution is -0.117. The quantitative estimate of drug-likeness (QED) is 0.226. The van der Waals surface area contributed by atoms with Crippen LogP contribution in [0.3, 0.4) is 0 Å². The highest BCUT2D eigenvalue weighted by Gasteiger charge is 2.44. The van der Waals surface area contributed by atoms with Crippen molar-refractivity contribution >= 4 is 34.5 Å². The average Bonchev–Trinajstić information content (AvgIpc) is 3.54. The van der Waals surface area contributed by atoms with Crippen LogP contribution in [0.5, 0.6) is 0 Å². The number of amides is 1. The van der Waals surface area contributed by atoms with E-state index in [1.807, 2.05) is 51.4 Å². The topological polar surface area (TPSA) is 123 Å². The van der Waals surface area contributed by atoms with E-state index in [0.717, 1.165) is 50.8 Å². The normalized spacial score (nSPS) is 16.7. The number of carbonyl (C=O) groups excluding carboxylic acids is 1. The summed E-state index contributed by atoms with van der Waals surface area (Å²) in [7, 11) is 3.69. The number of oxazole rings is 1. The summed E-state index contributed by atoms with van der Waals surface area (Å²) in [6.45, 7) is 10.2. The molecule has 39 heavy (non-hydrogen) atoms. The molecule has 0 saturated heterocycles. The van der Waals surface area contributed by atoms with Gasteiger partial charge in [0.1, 0.15) is 17.9 Å². The van der Waals surface area contributed by atoms with Crippen molar-refractivity contribution in [3.8, 4) is 22.7 Å². The first kappa shape index (κ1) is 26.1. The Hall–Kier alpha value is -4.53. The minimum absolute atomic E-state index is 0.0768. The molecule has 1 amide bonds. The van der Waals surface area contributed by atoms with Crippen LogP contribution in [0.25, 0.3) is 33.5 Å². The number of nitrogens with zero attached hydrogens (tertiary/aromatic N) is 5. The van der Waals surface area contributed by atoms with Crippen LogP contribution in [0.1, 0.15) is 37.4 Å². The van der Waals surface area contributed by atoms with Crippen LogP contribution in [-0.2, 0) is 4.79 Å². The Kier molecular flexibility index (Phi) is 6.91. The third-order valence-electron chi connectivity index (χ3n) is 6.92. The zero-order valence-corrected chi connectivity index (χ0v) is 22.9. The first-order valence-electron chi connectivity index (χ1n) is 12.9. The molecule has 200 valence electrons. The lowest BCUT2D eigenvalue weighted by Gasteiger charge is -2.11. The smallest absolute Gasteiger partial charge is 0.229 e. The molecule has 9 nitrogen and oxygen atoms in total. The molecule has 3 N–H and O–H groups in total. The molecule has 1 aromatic carbocycles. The number of fused-ring (bicyclic) bond motifs is 1. The number of carbonyl (C=O) groups is 1. The van der Waals surface area contributed by atoms with Gasteiger partial charge in [0.2, 0.25) is 11.8 Å². The van der Waals surface area contributed by atoms with Gasteiger partial charge in [-0.3, -0.25) is 4.79 Å². The fourth-order valence-corrected chi connectivity index (χ4v) is 4.55. The number of rotatable bonds is 8. The predicted octanol–water partition coefficient (Wildman–Crippen LogP) is 5.64. The second kappa shape index (κ2) is 10.3. The van der Waals surface area contributed by atoms with E-state index in [2.05, 4.69) is 45.8 Å². The first-order valence-corrected chi connectivity index (χ1v) is 12.9. The molecule has 0 spiro atoms. The zero-order chi connectivity index (χ0) is 27.8. The zero-order valence-electron chi connectivity index (χ0n) is 22.9. The van der Waals surface area contributed by atoms with Gasteiger partial charge in [-0.2, -0.15) is 5.10 Å². The third kappa shape index (κ3) is 5.52. The molecule has 1 aliphatic rings.